The molecule has 8 heteroatoms. The van der Waals surface area contributed by atoms with Crippen LogP contribution in [0, 0.1) is 0 Å². The van der Waals surface area contributed by atoms with Crippen molar-refractivity contribution in [3.63, 3.8) is 0 Å². The van der Waals surface area contributed by atoms with E-state index < -0.39 is 17.9 Å². The van der Waals surface area contributed by atoms with Crippen LogP contribution in [0.4, 0.5) is 0 Å². The summed E-state index contributed by atoms with van der Waals surface area (Å²) in [4.78, 5) is 35.1. The molecule has 0 radical (unpaired) electrons. The topological polar surface area (TPSA) is 83.4 Å². The highest BCUT2D eigenvalue weighted by atomic mass is 32.2. The molecule has 2 aromatic carbocycles. The van der Waals surface area contributed by atoms with Crippen molar-refractivity contribution in [2.24, 2.45) is 0 Å². The number of hydrogen-bond donors (Lipinski definition) is 1. The number of amides is 1. The largest absolute Gasteiger partial charge is 0.479 e. The number of para-hydroxylation sites is 2. The van der Waals surface area contributed by atoms with E-state index in [2.05, 4.69) is 9.97 Å². The summed E-state index contributed by atoms with van der Waals surface area (Å²) in [5, 5.41) is 9.71. The van der Waals surface area contributed by atoms with Crippen LogP contribution in [-0.4, -0.2) is 36.2 Å². The van der Waals surface area contributed by atoms with Crippen molar-refractivity contribution in [1.82, 2.24) is 14.9 Å². The lowest BCUT2D eigenvalue weighted by Crippen LogP contribution is -2.37. The van der Waals surface area contributed by atoms with Gasteiger partial charge < -0.3 is 5.11 Å². The number of carbonyl (C=O) groups is 2. The maximum absolute atomic E-state index is 12.9. The zero-order valence-corrected chi connectivity index (χ0v) is 16.0. The smallest absolute Gasteiger partial charge is 0.331 e. The minimum atomic E-state index is -1.18. The number of rotatable bonds is 4. The molecule has 1 aromatic heterocycles. The van der Waals surface area contributed by atoms with Gasteiger partial charge in [-0.05, 0) is 23.8 Å². The van der Waals surface area contributed by atoms with Crippen LogP contribution in [0.1, 0.15) is 17.3 Å². The molecule has 0 bridgehead atoms. The number of benzene rings is 2. The normalized spacial score (nSPS) is 16.7. The van der Waals surface area contributed by atoms with Crippen LogP contribution in [0.25, 0.3) is 17.1 Å². The van der Waals surface area contributed by atoms with Gasteiger partial charge in [0.25, 0.3) is 5.91 Å². The molecule has 1 amide bonds. The number of aliphatic carboxylic acids is 1. The monoisotopic (exact) mass is 407 g/mol. The first-order chi connectivity index (χ1) is 13.5. The highest BCUT2D eigenvalue weighted by Gasteiger charge is 2.41. The molecule has 0 aliphatic carbocycles. The number of aromatic nitrogens is 2. The molecular formula is C20H13N3O3S2. The summed E-state index contributed by atoms with van der Waals surface area (Å²) in [6.07, 6.45) is 3.16. The van der Waals surface area contributed by atoms with E-state index in [1.807, 2.05) is 24.3 Å². The minimum absolute atomic E-state index is 0.196. The molecular weight excluding hydrogens is 394 g/mol. The minimum Gasteiger partial charge on any atom is -0.479 e. The third kappa shape index (κ3) is 3.39. The van der Waals surface area contributed by atoms with Gasteiger partial charge in [-0.1, -0.05) is 66.4 Å². The molecule has 1 saturated heterocycles. The van der Waals surface area contributed by atoms with Gasteiger partial charge in [0.05, 0.1) is 27.8 Å². The highest BCUT2D eigenvalue weighted by molar-refractivity contribution is 8.26. The average Bonchev–Trinajstić information content (AvgIpc) is 2.96. The van der Waals surface area contributed by atoms with Gasteiger partial charge in [0.1, 0.15) is 4.32 Å². The zero-order valence-electron chi connectivity index (χ0n) is 14.4. The van der Waals surface area contributed by atoms with E-state index in [0.29, 0.717) is 21.7 Å². The molecule has 1 aliphatic heterocycles. The molecule has 3 aromatic rings. The predicted octanol–water partition coefficient (Wildman–Crippen LogP) is 3.66. The van der Waals surface area contributed by atoms with Gasteiger partial charge in [-0.25, -0.2) is 9.78 Å². The van der Waals surface area contributed by atoms with E-state index in [1.54, 1.807) is 42.6 Å². The Bertz CT molecular complexity index is 1130. The van der Waals surface area contributed by atoms with Gasteiger partial charge in [0.15, 0.2) is 6.04 Å². The zero-order chi connectivity index (χ0) is 19.7. The van der Waals surface area contributed by atoms with Crippen molar-refractivity contribution in [2.75, 3.05) is 0 Å². The fraction of sp³-hybridized carbons (Fsp3) is 0.0500. The Balaban J connectivity index is 1.69. The Kier molecular flexibility index (Phi) is 4.89. The standard InChI is InChI=1S/C20H13N3O3S2/c24-18-16(10-13-11-21-14-8-4-5-9-15(14)22-13)28-20(27)23(18)17(19(25)26)12-6-2-1-3-7-12/h1-11,17H,(H,25,26)/b16-10+/t17-/m1/s1. The number of carboxylic acids is 1. The number of hydrogen-bond acceptors (Lipinski definition) is 6. The lowest BCUT2D eigenvalue weighted by Gasteiger charge is -2.23. The fourth-order valence-corrected chi connectivity index (χ4v) is 4.21. The second kappa shape index (κ2) is 7.49. The number of fused-ring (bicyclic) bond motifs is 1. The van der Waals surface area contributed by atoms with Crippen molar-refractivity contribution in [3.05, 3.63) is 77.0 Å². The molecule has 0 unspecified atom stereocenters. The fourth-order valence-electron chi connectivity index (χ4n) is 2.92. The number of carboxylic acid groups (broad SMARTS) is 1. The van der Waals surface area contributed by atoms with E-state index in [0.717, 1.165) is 22.2 Å². The van der Waals surface area contributed by atoms with Gasteiger partial charge in [-0.2, -0.15) is 0 Å². The summed E-state index contributed by atoms with van der Waals surface area (Å²) in [5.74, 6) is -1.60. The first-order valence-electron chi connectivity index (χ1n) is 8.31. The number of nitrogens with zero attached hydrogens (tertiary/aromatic N) is 3. The van der Waals surface area contributed by atoms with Crippen molar-refractivity contribution >= 4 is 57.3 Å². The second-order valence-electron chi connectivity index (χ2n) is 5.99. The van der Waals surface area contributed by atoms with E-state index in [9.17, 15) is 14.7 Å². The number of thiocarbonyl (C=S) groups is 1. The Labute approximate surface area is 169 Å². The third-order valence-electron chi connectivity index (χ3n) is 4.18. The molecule has 1 N–H and O–H groups in total. The van der Waals surface area contributed by atoms with E-state index in [1.165, 1.54) is 0 Å². The van der Waals surface area contributed by atoms with E-state index in [-0.39, 0.29) is 4.32 Å². The summed E-state index contributed by atoms with van der Waals surface area (Å²) < 4.78 is 0.196. The molecule has 4 rings (SSSR count). The Morgan fingerprint density at radius 2 is 1.79 bits per heavy atom. The Morgan fingerprint density at radius 1 is 1.11 bits per heavy atom. The third-order valence-corrected chi connectivity index (χ3v) is 5.51. The first-order valence-corrected chi connectivity index (χ1v) is 9.53. The highest BCUT2D eigenvalue weighted by Crippen LogP contribution is 2.38. The van der Waals surface area contributed by atoms with Crippen LogP contribution in [0.2, 0.25) is 0 Å². The van der Waals surface area contributed by atoms with Gasteiger partial charge in [0.2, 0.25) is 0 Å². The van der Waals surface area contributed by atoms with Crippen LogP contribution < -0.4 is 0 Å². The van der Waals surface area contributed by atoms with Gasteiger partial charge >= 0.3 is 5.97 Å². The van der Waals surface area contributed by atoms with Crippen molar-refractivity contribution in [1.29, 1.82) is 0 Å². The summed E-state index contributed by atoms with van der Waals surface area (Å²) in [6.45, 7) is 0. The molecule has 0 saturated carbocycles. The van der Waals surface area contributed by atoms with Crippen LogP contribution in [0.5, 0.6) is 0 Å². The molecule has 1 atom stereocenters. The van der Waals surface area contributed by atoms with Crippen LogP contribution in [-0.2, 0) is 9.59 Å². The van der Waals surface area contributed by atoms with Crippen LogP contribution in [0.15, 0.2) is 65.7 Å². The van der Waals surface area contributed by atoms with Crippen molar-refractivity contribution in [2.45, 2.75) is 6.04 Å². The molecule has 2 heterocycles. The second-order valence-corrected chi connectivity index (χ2v) is 7.66. The number of carbonyl (C=O) groups excluding carboxylic acids is 1. The predicted molar refractivity (Wildman–Crippen MR) is 111 cm³/mol. The van der Waals surface area contributed by atoms with Gasteiger partial charge in [-0.3, -0.25) is 14.7 Å². The number of thioether (sulfide) groups is 1. The SMILES string of the molecule is O=C(O)[C@@H](c1ccccc1)N1C(=O)/C(=C\c2cnc3ccccc3n2)SC1=S. The van der Waals surface area contributed by atoms with Crippen molar-refractivity contribution in [3.8, 4) is 0 Å². The Morgan fingerprint density at radius 3 is 2.50 bits per heavy atom. The lowest BCUT2D eigenvalue weighted by molar-refractivity contribution is -0.145. The molecule has 138 valence electrons. The van der Waals surface area contributed by atoms with Crippen LogP contribution >= 0.6 is 24.0 Å². The Hall–Kier alpha value is -3.10. The maximum atomic E-state index is 12.9. The van der Waals surface area contributed by atoms with Crippen LogP contribution in [0.3, 0.4) is 0 Å². The van der Waals surface area contributed by atoms with E-state index in [4.69, 9.17) is 12.2 Å². The van der Waals surface area contributed by atoms with Gasteiger partial charge in [0, 0.05) is 0 Å². The quantitative estimate of drug-likeness (QED) is 0.522. The van der Waals surface area contributed by atoms with Gasteiger partial charge in [-0.15, -0.1) is 0 Å². The summed E-state index contributed by atoms with van der Waals surface area (Å²) in [7, 11) is 0. The molecule has 1 aliphatic rings. The molecule has 1 fully saturated rings. The summed E-state index contributed by atoms with van der Waals surface area (Å²) >= 11 is 6.37. The molecule has 6 nitrogen and oxygen atoms in total. The summed E-state index contributed by atoms with van der Waals surface area (Å²) in [6, 6.07) is 14.8. The summed E-state index contributed by atoms with van der Waals surface area (Å²) in [5.41, 5.74) is 2.45. The average molecular weight is 407 g/mol. The first kappa shape index (κ1) is 18.3. The van der Waals surface area contributed by atoms with E-state index >= 15 is 0 Å². The maximum Gasteiger partial charge on any atom is 0.331 e. The molecule has 0 spiro atoms. The van der Waals surface area contributed by atoms with Crippen molar-refractivity contribution < 1.29 is 14.7 Å². The molecule has 28 heavy (non-hydrogen) atoms. The lowest BCUT2D eigenvalue weighted by atomic mass is 10.1.